The molecule has 3 N–H and O–H groups in total. The van der Waals surface area contributed by atoms with Gasteiger partial charge in [0, 0.05) is 37.8 Å². The summed E-state index contributed by atoms with van der Waals surface area (Å²) in [5, 5.41) is 9.65. The second kappa shape index (κ2) is 11.9. The lowest BCUT2D eigenvalue weighted by molar-refractivity contribution is 0.174. The molecule has 0 radical (unpaired) electrons. The van der Waals surface area contributed by atoms with E-state index in [0.29, 0.717) is 12.6 Å². The molecule has 36 heavy (non-hydrogen) atoms. The largest absolute Gasteiger partial charge is 0.454 e. The summed E-state index contributed by atoms with van der Waals surface area (Å²) in [6.07, 6.45) is 3.30. The normalized spacial score (nSPS) is 16.3. The number of anilines is 1. The summed E-state index contributed by atoms with van der Waals surface area (Å²) in [7, 11) is 0. The highest BCUT2D eigenvalue weighted by Crippen LogP contribution is 2.33. The van der Waals surface area contributed by atoms with Crippen LogP contribution in [0, 0.1) is 0 Å². The van der Waals surface area contributed by atoms with E-state index in [4.69, 9.17) is 9.47 Å². The van der Waals surface area contributed by atoms with Gasteiger partial charge in [0.05, 0.1) is 5.69 Å². The number of nitrogens with one attached hydrogen (secondary N) is 3. The Hall–Kier alpha value is -3.55. The average molecular weight is 487 g/mol. The number of para-hydroxylation sites is 1. The number of nitrogens with zero attached hydrogens (tertiary/aromatic N) is 1. The van der Waals surface area contributed by atoms with Crippen molar-refractivity contribution in [3.8, 4) is 22.6 Å². The third-order valence-electron chi connectivity index (χ3n) is 6.68. The zero-order valence-corrected chi connectivity index (χ0v) is 20.5. The van der Waals surface area contributed by atoms with Gasteiger partial charge in [-0.15, -0.1) is 0 Å². The van der Waals surface area contributed by atoms with Crippen LogP contribution in [-0.2, 0) is 6.54 Å². The number of carbonyl (C=O) groups excluding carboxylic acids is 1. The predicted octanol–water partition coefficient (Wildman–Crippen LogP) is 4.85. The van der Waals surface area contributed by atoms with Crippen LogP contribution in [0.25, 0.3) is 11.1 Å². The molecule has 0 unspecified atom stereocenters. The quantitative estimate of drug-likeness (QED) is 0.357. The van der Waals surface area contributed by atoms with E-state index in [1.54, 1.807) is 0 Å². The third kappa shape index (κ3) is 6.36. The fourth-order valence-corrected chi connectivity index (χ4v) is 4.89. The van der Waals surface area contributed by atoms with Gasteiger partial charge in [0.2, 0.25) is 6.79 Å². The van der Waals surface area contributed by atoms with Gasteiger partial charge in [-0.2, -0.15) is 0 Å². The number of rotatable bonds is 10. The number of carbonyl (C=O) groups is 1. The van der Waals surface area contributed by atoms with Crippen LogP contribution in [0.15, 0.2) is 72.8 Å². The minimum Gasteiger partial charge on any atom is -0.454 e. The number of ether oxygens (including phenoxy) is 2. The van der Waals surface area contributed by atoms with Gasteiger partial charge in [-0.3, -0.25) is 4.90 Å². The zero-order valence-electron chi connectivity index (χ0n) is 20.5. The zero-order chi connectivity index (χ0) is 24.6. The van der Waals surface area contributed by atoms with Crippen LogP contribution < -0.4 is 25.4 Å². The molecule has 2 heterocycles. The van der Waals surface area contributed by atoms with Gasteiger partial charge >= 0.3 is 6.03 Å². The molecule has 3 aromatic rings. The first kappa shape index (κ1) is 24.2. The highest BCUT2D eigenvalue weighted by Gasteiger charge is 2.19. The molecule has 2 amide bonds. The number of hydrogen-bond acceptors (Lipinski definition) is 5. The molecule has 1 saturated heterocycles. The van der Waals surface area contributed by atoms with Crippen molar-refractivity contribution in [1.29, 1.82) is 0 Å². The van der Waals surface area contributed by atoms with Crippen molar-refractivity contribution in [3.63, 3.8) is 0 Å². The summed E-state index contributed by atoms with van der Waals surface area (Å²) < 4.78 is 11.0. The van der Waals surface area contributed by atoms with E-state index in [1.807, 2.05) is 60.7 Å². The topological polar surface area (TPSA) is 74.9 Å². The molecule has 2 aliphatic rings. The summed E-state index contributed by atoms with van der Waals surface area (Å²) >= 11 is 0. The standard InChI is InChI=1S/C29H34N4O3/c34-29(32-26-12-5-4-11-25(26)23-8-2-1-3-9-23)31-16-7-17-33(20-24-10-6-15-30-24)19-22-13-14-27-28(18-22)36-21-35-27/h1-5,8-9,11-14,18,24,30H,6-7,10,15-17,19-21H2,(H2,31,32,34)/t24-/m0/s1. The van der Waals surface area contributed by atoms with E-state index in [1.165, 1.54) is 18.4 Å². The van der Waals surface area contributed by atoms with E-state index in [0.717, 1.165) is 60.9 Å². The fraction of sp³-hybridized carbons (Fsp3) is 0.345. The molecule has 1 atom stereocenters. The first-order valence-corrected chi connectivity index (χ1v) is 12.8. The molecule has 7 nitrogen and oxygen atoms in total. The average Bonchev–Trinajstić information content (AvgIpc) is 3.59. The van der Waals surface area contributed by atoms with Crippen LogP contribution in [0.1, 0.15) is 24.8 Å². The lowest BCUT2D eigenvalue weighted by Crippen LogP contribution is -2.39. The molecule has 0 saturated carbocycles. The maximum Gasteiger partial charge on any atom is 0.319 e. The van der Waals surface area contributed by atoms with Crippen LogP contribution in [0.2, 0.25) is 0 Å². The van der Waals surface area contributed by atoms with Crippen LogP contribution in [0.5, 0.6) is 11.5 Å². The predicted molar refractivity (Wildman–Crippen MR) is 142 cm³/mol. The molecule has 7 heteroatoms. The number of benzene rings is 3. The number of urea groups is 1. The molecule has 1 fully saturated rings. The molecule has 0 bridgehead atoms. The summed E-state index contributed by atoms with van der Waals surface area (Å²) in [4.78, 5) is 15.1. The highest BCUT2D eigenvalue weighted by atomic mass is 16.7. The van der Waals surface area contributed by atoms with E-state index >= 15 is 0 Å². The minimum atomic E-state index is -0.182. The maximum atomic E-state index is 12.6. The molecule has 5 rings (SSSR count). The van der Waals surface area contributed by atoms with Gasteiger partial charge < -0.3 is 25.4 Å². The van der Waals surface area contributed by atoms with Gasteiger partial charge in [0.1, 0.15) is 0 Å². The minimum absolute atomic E-state index is 0.182. The first-order valence-electron chi connectivity index (χ1n) is 12.8. The van der Waals surface area contributed by atoms with Crippen molar-refractivity contribution in [2.75, 3.05) is 38.3 Å². The van der Waals surface area contributed by atoms with Gasteiger partial charge in [-0.05, 0) is 55.1 Å². The Morgan fingerprint density at radius 2 is 1.83 bits per heavy atom. The number of amides is 2. The molecular formula is C29H34N4O3. The van der Waals surface area contributed by atoms with Crippen LogP contribution >= 0.6 is 0 Å². The lowest BCUT2D eigenvalue weighted by atomic mass is 10.0. The van der Waals surface area contributed by atoms with Crippen molar-refractivity contribution in [2.45, 2.75) is 31.8 Å². The van der Waals surface area contributed by atoms with Crippen molar-refractivity contribution in [2.24, 2.45) is 0 Å². The van der Waals surface area contributed by atoms with Crippen LogP contribution in [0.3, 0.4) is 0 Å². The Bertz CT molecular complexity index is 1150. The molecule has 2 aliphatic heterocycles. The van der Waals surface area contributed by atoms with E-state index < -0.39 is 0 Å². The third-order valence-corrected chi connectivity index (χ3v) is 6.68. The summed E-state index contributed by atoms with van der Waals surface area (Å²) in [5.74, 6) is 1.63. The Morgan fingerprint density at radius 3 is 2.69 bits per heavy atom. The Morgan fingerprint density at radius 1 is 1.00 bits per heavy atom. The molecule has 0 spiro atoms. The number of hydrogen-bond donors (Lipinski definition) is 3. The van der Waals surface area contributed by atoms with Gasteiger partial charge in [0.15, 0.2) is 11.5 Å². The summed E-state index contributed by atoms with van der Waals surface area (Å²) in [6, 6.07) is 24.5. The van der Waals surface area contributed by atoms with Gasteiger partial charge in [-0.1, -0.05) is 54.6 Å². The monoisotopic (exact) mass is 486 g/mol. The molecule has 188 valence electrons. The SMILES string of the molecule is O=C(NCCCN(Cc1ccc2c(c1)OCO2)C[C@@H]1CCCN1)Nc1ccccc1-c1ccccc1. The maximum absolute atomic E-state index is 12.6. The Kier molecular flexibility index (Phi) is 8.00. The van der Waals surface area contributed by atoms with Crippen LogP contribution in [0.4, 0.5) is 10.5 Å². The lowest BCUT2D eigenvalue weighted by Gasteiger charge is -2.26. The van der Waals surface area contributed by atoms with E-state index in [9.17, 15) is 4.79 Å². The van der Waals surface area contributed by atoms with E-state index in [-0.39, 0.29) is 12.8 Å². The van der Waals surface area contributed by atoms with Crippen molar-refractivity contribution in [1.82, 2.24) is 15.5 Å². The van der Waals surface area contributed by atoms with Crippen molar-refractivity contribution in [3.05, 3.63) is 78.4 Å². The summed E-state index contributed by atoms with van der Waals surface area (Å²) in [6.45, 7) is 4.71. The van der Waals surface area contributed by atoms with Crippen molar-refractivity contribution < 1.29 is 14.3 Å². The van der Waals surface area contributed by atoms with Crippen LogP contribution in [-0.4, -0.2) is 49.9 Å². The van der Waals surface area contributed by atoms with Crippen molar-refractivity contribution >= 4 is 11.7 Å². The Labute approximate surface area is 212 Å². The molecular weight excluding hydrogens is 452 g/mol. The smallest absolute Gasteiger partial charge is 0.319 e. The first-order chi connectivity index (χ1) is 17.7. The highest BCUT2D eigenvalue weighted by molar-refractivity contribution is 5.94. The second-order valence-electron chi connectivity index (χ2n) is 9.36. The van der Waals surface area contributed by atoms with Gasteiger partial charge in [0.25, 0.3) is 0 Å². The molecule has 0 aliphatic carbocycles. The van der Waals surface area contributed by atoms with Gasteiger partial charge in [-0.25, -0.2) is 4.79 Å². The summed E-state index contributed by atoms with van der Waals surface area (Å²) in [5.41, 5.74) is 4.10. The Balaban J connectivity index is 1.13. The molecule has 3 aromatic carbocycles. The number of fused-ring (bicyclic) bond motifs is 1. The second-order valence-corrected chi connectivity index (χ2v) is 9.36. The van der Waals surface area contributed by atoms with E-state index in [2.05, 4.69) is 33.0 Å². The molecule has 0 aromatic heterocycles. The fourth-order valence-electron chi connectivity index (χ4n) is 4.89.